The van der Waals surface area contributed by atoms with Gasteiger partial charge in [-0.05, 0) is 37.5 Å². The number of benzene rings is 1. The SMILES string of the molecule is CCC1CCC(n2ncc3c(N4CCN(CCOCCOCCOCCOCc5cn(CCOCCOCCOCCOCCC(=O)Oc6c(F)cc(F)cc6F)nn5)CC4)nc(Cl)nc32)O1.CCP(O)O.COPC. The van der Waals surface area contributed by atoms with E-state index < -0.39 is 37.5 Å². The summed E-state index contributed by atoms with van der Waals surface area (Å²) < 4.78 is 103. The molecular weight excluding hydrogens is 1070 g/mol. The molecule has 0 aliphatic carbocycles. The molecule has 23 nitrogen and oxygen atoms in total. The maximum absolute atomic E-state index is 13.6. The molecule has 0 bridgehead atoms. The molecule has 0 saturated carbocycles. The highest BCUT2D eigenvalue weighted by Crippen LogP contribution is 2.34. The number of ether oxygens (including phenoxy) is 10. The van der Waals surface area contributed by atoms with Crippen molar-refractivity contribution in [1.82, 2.24) is 39.6 Å². The summed E-state index contributed by atoms with van der Waals surface area (Å²) in [5, 5.41) is 13.9. The Kier molecular flexibility index (Phi) is 33.5. The number of hydrogen-bond acceptors (Lipinski definition) is 21. The van der Waals surface area contributed by atoms with Crippen molar-refractivity contribution >= 4 is 51.6 Å². The Hall–Kier alpha value is -3.40. The van der Waals surface area contributed by atoms with Gasteiger partial charge in [0.2, 0.25) is 11.0 Å². The molecule has 76 heavy (non-hydrogen) atoms. The first-order chi connectivity index (χ1) is 37.0. The Morgan fingerprint density at radius 3 is 1.87 bits per heavy atom. The first-order valence-electron chi connectivity index (χ1n) is 25.2. The van der Waals surface area contributed by atoms with Gasteiger partial charge in [-0.1, -0.05) is 19.1 Å². The number of halogens is 4. The van der Waals surface area contributed by atoms with E-state index in [0.29, 0.717) is 131 Å². The fourth-order valence-electron chi connectivity index (χ4n) is 7.10. The predicted octanol–water partition coefficient (Wildman–Crippen LogP) is 5.19. The molecule has 6 rings (SSSR count). The Bertz CT molecular complexity index is 2170. The second kappa shape index (κ2) is 39.0. The van der Waals surface area contributed by atoms with Crippen LogP contribution >= 0.6 is 28.8 Å². The number of nitrogens with zero attached hydrogens (tertiary/aromatic N) is 9. The van der Waals surface area contributed by atoms with E-state index in [2.05, 4.69) is 51.4 Å². The van der Waals surface area contributed by atoms with E-state index in [9.17, 15) is 18.0 Å². The monoisotopic (exact) mass is 1140 g/mol. The quantitative estimate of drug-likeness (QED) is 0.0198. The van der Waals surface area contributed by atoms with Crippen LogP contribution in [0.4, 0.5) is 19.0 Å². The van der Waals surface area contributed by atoms with E-state index in [0.717, 1.165) is 63.2 Å². The third-order valence-electron chi connectivity index (χ3n) is 11.1. The van der Waals surface area contributed by atoms with Crippen molar-refractivity contribution in [2.45, 2.75) is 65.0 Å². The van der Waals surface area contributed by atoms with Crippen LogP contribution in [-0.2, 0) is 65.1 Å². The van der Waals surface area contributed by atoms with Crippen molar-refractivity contribution in [2.24, 2.45) is 0 Å². The third-order valence-corrected chi connectivity index (χ3v) is 12.2. The summed E-state index contributed by atoms with van der Waals surface area (Å²) in [6.07, 6.45) is 6.89. The standard InChI is InChI=1S/C43H61ClF3N9O11.C2H7O2P.C2H7OP/c1-2-34-3-4-38(66-34)56-42-35(29-48-56)41(49-43(44)50-42)54-8-6-53(7-9-54)10-13-59-16-19-62-23-24-64-25-26-65-31-33-30-55(52-51-33)11-14-60-17-20-63-22-21-61-18-15-58-12-5-39(57)67-40-36(46)27-32(45)28-37(40)47;1-2-5(3)4;1-3-4-2/h27-30,34,38H,2-26,31H2,1H3;3-4H,2H2,1H3;4H,1-2H3. The normalized spacial score (nSPS) is 16.0. The van der Waals surface area contributed by atoms with Crippen molar-refractivity contribution < 1.29 is 79.6 Å². The van der Waals surface area contributed by atoms with Crippen LogP contribution in [-0.4, -0.2) is 213 Å². The first kappa shape index (κ1) is 65.1. The minimum atomic E-state index is -1.60. The lowest BCUT2D eigenvalue weighted by atomic mass is 10.2. The number of rotatable bonds is 35. The summed E-state index contributed by atoms with van der Waals surface area (Å²) in [6, 6.07) is 0.853. The largest absolute Gasteiger partial charge is 0.420 e. The summed E-state index contributed by atoms with van der Waals surface area (Å²) in [4.78, 5) is 41.4. The fourth-order valence-corrected chi connectivity index (χ4v) is 7.26. The fraction of sp³-hybridized carbons (Fsp3) is 0.702. The van der Waals surface area contributed by atoms with Gasteiger partial charge >= 0.3 is 5.97 Å². The predicted molar refractivity (Wildman–Crippen MR) is 278 cm³/mol. The molecule has 2 N–H and O–H groups in total. The van der Waals surface area contributed by atoms with E-state index in [1.54, 1.807) is 24.9 Å². The van der Waals surface area contributed by atoms with Gasteiger partial charge in [0.15, 0.2) is 31.9 Å². The molecule has 0 amide bonds. The molecule has 5 heterocycles. The second-order valence-electron chi connectivity index (χ2n) is 16.5. The van der Waals surface area contributed by atoms with E-state index in [1.807, 2.05) is 17.5 Å². The second-order valence-corrected chi connectivity index (χ2v) is 19.0. The van der Waals surface area contributed by atoms with Gasteiger partial charge in [0.1, 0.15) is 17.3 Å². The first-order valence-corrected chi connectivity index (χ1v) is 28.4. The Labute approximate surface area is 449 Å². The van der Waals surface area contributed by atoms with Crippen LogP contribution < -0.4 is 9.64 Å². The van der Waals surface area contributed by atoms with E-state index >= 15 is 0 Å². The minimum Gasteiger partial charge on any atom is -0.420 e. The number of carbonyl (C=O) groups is 1. The molecule has 1 aromatic carbocycles. The maximum Gasteiger partial charge on any atom is 0.313 e. The van der Waals surface area contributed by atoms with Gasteiger partial charge in [-0.25, -0.2) is 22.5 Å². The topological polar surface area (TPSA) is 240 Å². The number of anilines is 1. The van der Waals surface area contributed by atoms with Crippen LogP contribution in [0.5, 0.6) is 5.75 Å². The smallest absolute Gasteiger partial charge is 0.313 e. The van der Waals surface area contributed by atoms with Gasteiger partial charge in [0, 0.05) is 66.9 Å². The van der Waals surface area contributed by atoms with Crippen LogP contribution in [0.3, 0.4) is 0 Å². The average Bonchev–Trinajstić information content (AvgIpc) is 4.20. The average molecular weight is 1140 g/mol. The lowest BCUT2D eigenvalue weighted by Crippen LogP contribution is -2.47. The number of hydrogen-bond donors (Lipinski definition) is 2. The molecule has 2 fully saturated rings. The number of carbonyl (C=O) groups excluding carboxylic acids is 1. The summed E-state index contributed by atoms with van der Waals surface area (Å²) in [6.45, 7) is 16.6. The molecule has 4 aromatic rings. The maximum atomic E-state index is 13.6. The number of aromatic nitrogens is 7. The molecule has 2 aliphatic rings. The van der Waals surface area contributed by atoms with Crippen LogP contribution in [0.25, 0.3) is 11.0 Å². The van der Waals surface area contributed by atoms with Gasteiger partial charge < -0.3 is 66.6 Å². The van der Waals surface area contributed by atoms with Gasteiger partial charge in [0.25, 0.3) is 0 Å². The Morgan fingerprint density at radius 1 is 0.789 bits per heavy atom. The molecule has 3 aromatic heterocycles. The van der Waals surface area contributed by atoms with E-state index in [-0.39, 0.29) is 43.9 Å². The number of esters is 1. The highest BCUT2D eigenvalue weighted by Gasteiger charge is 2.29. The van der Waals surface area contributed by atoms with Crippen LogP contribution in [0.15, 0.2) is 24.5 Å². The minimum absolute atomic E-state index is 0.0434. The lowest BCUT2D eigenvalue weighted by Gasteiger charge is -2.35. The van der Waals surface area contributed by atoms with E-state index in [4.69, 9.17) is 64.0 Å². The molecule has 430 valence electrons. The van der Waals surface area contributed by atoms with Gasteiger partial charge in [-0.2, -0.15) is 15.1 Å². The van der Waals surface area contributed by atoms with Crippen LogP contribution in [0, 0.1) is 17.5 Å². The highest BCUT2D eigenvalue weighted by molar-refractivity contribution is 7.45. The van der Waals surface area contributed by atoms with Crippen molar-refractivity contribution in [3.63, 3.8) is 0 Å². The molecule has 0 radical (unpaired) electrons. The molecule has 2 aliphatic heterocycles. The highest BCUT2D eigenvalue weighted by atomic mass is 35.5. The number of piperazine rings is 1. The van der Waals surface area contributed by atoms with E-state index in [1.165, 1.54) is 0 Å². The Balaban J connectivity index is 0.00000128. The summed E-state index contributed by atoms with van der Waals surface area (Å²) in [5.74, 6) is -4.76. The molecule has 3 unspecified atom stereocenters. The zero-order valence-corrected chi connectivity index (χ0v) is 46.5. The van der Waals surface area contributed by atoms with Gasteiger partial charge in [-0.3, -0.25) is 9.69 Å². The molecule has 3 atom stereocenters. The van der Waals surface area contributed by atoms with Gasteiger partial charge in [-0.15, -0.1) is 5.10 Å². The zero-order chi connectivity index (χ0) is 54.8. The van der Waals surface area contributed by atoms with Crippen molar-refractivity contribution in [1.29, 1.82) is 0 Å². The molecule has 29 heteroatoms. The Morgan fingerprint density at radius 2 is 1.33 bits per heavy atom. The molecular formula is C47H75ClF3N9O14P2. The summed E-state index contributed by atoms with van der Waals surface area (Å²) in [5.41, 5.74) is 1.42. The van der Waals surface area contributed by atoms with Crippen molar-refractivity contribution in [3.05, 3.63) is 53.0 Å². The molecule has 0 spiro atoms. The summed E-state index contributed by atoms with van der Waals surface area (Å²) >= 11 is 6.39. The van der Waals surface area contributed by atoms with Gasteiger partial charge in [0.05, 0.1) is 143 Å². The molecule has 2 saturated heterocycles. The van der Waals surface area contributed by atoms with Crippen LogP contribution in [0.1, 0.15) is 51.5 Å². The summed E-state index contributed by atoms with van der Waals surface area (Å²) in [7, 11) is 0.735. The third kappa shape index (κ3) is 25.6. The van der Waals surface area contributed by atoms with Crippen molar-refractivity contribution in [2.75, 3.05) is 157 Å². The van der Waals surface area contributed by atoms with Crippen LogP contribution in [0.2, 0.25) is 5.28 Å². The zero-order valence-electron chi connectivity index (χ0n) is 43.8. The van der Waals surface area contributed by atoms with Crippen molar-refractivity contribution in [3.8, 4) is 5.75 Å². The number of fused-ring (bicyclic) bond motifs is 1. The lowest BCUT2D eigenvalue weighted by molar-refractivity contribution is -0.136.